The maximum absolute atomic E-state index is 12.1. The Morgan fingerprint density at radius 2 is 1.55 bits per heavy atom. The van der Waals surface area contributed by atoms with Crippen molar-refractivity contribution < 1.29 is 4.79 Å². The Morgan fingerprint density at radius 1 is 1.00 bits per heavy atom. The van der Waals surface area contributed by atoms with E-state index >= 15 is 0 Å². The smallest absolute Gasteiger partial charge is 0.255 e. The van der Waals surface area contributed by atoms with Crippen LogP contribution < -0.4 is 11.1 Å². The minimum absolute atomic E-state index is 0.294. The van der Waals surface area contributed by atoms with Crippen molar-refractivity contribution >= 4 is 52.0 Å². The summed E-state index contributed by atoms with van der Waals surface area (Å²) in [5, 5.41) is 3.56. The molecule has 2 aromatic carbocycles. The SMILES string of the molecule is NC(=S)c1ccc(NC(=O)c2cc(Cl)cc(Cl)c2)cc1. The van der Waals surface area contributed by atoms with E-state index in [9.17, 15) is 4.79 Å². The molecule has 0 radical (unpaired) electrons. The average Bonchev–Trinajstić information content (AvgIpc) is 2.38. The average molecular weight is 325 g/mol. The van der Waals surface area contributed by atoms with Crippen LogP contribution in [0.1, 0.15) is 15.9 Å². The van der Waals surface area contributed by atoms with Crippen molar-refractivity contribution in [3.8, 4) is 0 Å². The second kappa shape index (κ2) is 6.22. The zero-order valence-electron chi connectivity index (χ0n) is 10.2. The molecule has 20 heavy (non-hydrogen) atoms. The van der Waals surface area contributed by atoms with Crippen molar-refractivity contribution in [2.24, 2.45) is 5.73 Å². The Hall–Kier alpha value is -1.62. The maximum atomic E-state index is 12.1. The molecule has 1 amide bonds. The molecule has 0 aliphatic heterocycles. The molecule has 0 saturated heterocycles. The van der Waals surface area contributed by atoms with Gasteiger partial charge >= 0.3 is 0 Å². The molecule has 0 bridgehead atoms. The highest BCUT2D eigenvalue weighted by molar-refractivity contribution is 7.80. The first-order chi connectivity index (χ1) is 9.45. The Kier molecular flexibility index (Phi) is 4.60. The third kappa shape index (κ3) is 3.70. The quantitative estimate of drug-likeness (QED) is 0.842. The van der Waals surface area contributed by atoms with E-state index in [0.717, 1.165) is 5.56 Å². The molecule has 3 nitrogen and oxygen atoms in total. The van der Waals surface area contributed by atoms with Gasteiger partial charge in [-0.05, 0) is 42.5 Å². The maximum Gasteiger partial charge on any atom is 0.255 e. The first kappa shape index (κ1) is 14.8. The number of rotatable bonds is 3. The molecule has 0 aliphatic rings. The summed E-state index contributed by atoms with van der Waals surface area (Å²) in [5.74, 6) is -0.294. The molecule has 3 N–H and O–H groups in total. The topological polar surface area (TPSA) is 55.1 Å². The molecule has 2 aromatic rings. The molecule has 0 aliphatic carbocycles. The number of hydrogen-bond acceptors (Lipinski definition) is 2. The lowest BCUT2D eigenvalue weighted by molar-refractivity contribution is 0.102. The van der Waals surface area contributed by atoms with Gasteiger partial charge in [-0.15, -0.1) is 0 Å². The zero-order valence-corrected chi connectivity index (χ0v) is 12.5. The lowest BCUT2D eigenvalue weighted by atomic mass is 10.2. The molecular formula is C14H10Cl2N2OS. The van der Waals surface area contributed by atoms with E-state index < -0.39 is 0 Å². The third-order valence-electron chi connectivity index (χ3n) is 2.55. The molecule has 0 atom stereocenters. The van der Waals surface area contributed by atoms with Gasteiger partial charge in [0, 0.05) is 26.9 Å². The van der Waals surface area contributed by atoms with Gasteiger partial charge in [-0.3, -0.25) is 4.79 Å². The number of nitrogens with one attached hydrogen (secondary N) is 1. The van der Waals surface area contributed by atoms with Gasteiger partial charge < -0.3 is 11.1 Å². The van der Waals surface area contributed by atoms with Crippen LogP contribution in [0.5, 0.6) is 0 Å². The molecular weight excluding hydrogens is 315 g/mol. The highest BCUT2D eigenvalue weighted by atomic mass is 35.5. The molecule has 0 unspecified atom stereocenters. The molecule has 102 valence electrons. The summed E-state index contributed by atoms with van der Waals surface area (Å²) in [7, 11) is 0. The van der Waals surface area contributed by atoms with Gasteiger partial charge in [0.2, 0.25) is 0 Å². The van der Waals surface area contributed by atoms with Gasteiger partial charge in [-0.1, -0.05) is 35.4 Å². The number of halogens is 2. The minimum atomic E-state index is -0.294. The van der Waals surface area contributed by atoms with E-state index in [-0.39, 0.29) is 5.91 Å². The van der Waals surface area contributed by atoms with Gasteiger partial charge in [0.25, 0.3) is 5.91 Å². The largest absolute Gasteiger partial charge is 0.389 e. The number of nitrogens with two attached hydrogens (primary N) is 1. The van der Waals surface area contributed by atoms with Gasteiger partial charge in [-0.2, -0.15) is 0 Å². The molecule has 2 rings (SSSR count). The van der Waals surface area contributed by atoms with Crippen molar-refractivity contribution in [2.75, 3.05) is 5.32 Å². The molecule has 0 aromatic heterocycles. The first-order valence-electron chi connectivity index (χ1n) is 5.63. The van der Waals surface area contributed by atoms with Crippen molar-refractivity contribution in [3.63, 3.8) is 0 Å². The van der Waals surface area contributed by atoms with E-state index in [1.807, 2.05) is 0 Å². The number of amides is 1. The summed E-state index contributed by atoms with van der Waals surface area (Å²) in [6.07, 6.45) is 0. The van der Waals surface area contributed by atoms with Crippen LogP contribution in [0, 0.1) is 0 Å². The van der Waals surface area contributed by atoms with Gasteiger partial charge in [-0.25, -0.2) is 0 Å². The number of anilines is 1. The van der Waals surface area contributed by atoms with Gasteiger partial charge in [0.1, 0.15) is 4.99 Å². The summed E-state index contributed by atoms with van der Waals surface area (Å²) >= 11 is 16.6. The van der Waals surface area contributed by atoms with Crippen LogP contribution in [0.3, 0.4) is 0 Å². The van der Waals surface area contributed by atoms with Gasteiger partial charge in [0.05, 0.1) is 0 Å². The van der Waals surface area contributed by atoms with Crippen molar-refractivity contribution in [2.45, 2.75) is 0 Å². The van der Waals surface area contributed by atoms with Crippen molar-refractivity contribution in [1.29, 1.82) is 0 Å². The summed E-state index contributed by atoms with van der Waals surface area (Å²) < 4.78 is 0. The number of carbonyl (C=O) groups is 1. The zero-order chi connectivity index (χ0) is 14.7. The first-order valence-corrected chi connectivity index (χ1v) is 6.79. The van der Waals surface area contributed by atoms with Crippen LogP contribution in [0.15, 0.2) is 42.5 Å². The highest BCUT2D eigenvalue weighted by Crippen LogP contribution is 2.20. The summed E-state index contributed by atoms with van der Waals surface area (Å²) in [4.78, 5) is 12.4. The molecule has 0 saturated carbocycles. The Morgan fingerprint density at radius 3 is 2.05 bits per heavy atom. The predicted molar refractivity (Wildman–Crippen MR) is 86.7 cm³/mol. The van der Waals surface area contributed by atoms with E-state index in [1.165, 1.54) is 0 Å². The van der Waals surface area contributed by atoms with E-state index in [0.29, 0.717) is 26.3 Å². The summed E-state index contributed by atoms with van der Waals surface area (Å²) in [5.41, 5.74) is 7.26. The molecule has 0 heterocycles. The predicted octanol–water partition coefficient (Wildman–Crippen LogP) is 3.88. The molecule has 0 spiro atoms. The number of benzene rings is 2. The standard InChI is InChI=1S/C14H10Cl2N2OS/c15-10-5-9(6-11(16)7-10)14(19)18-12-3-1-8(2-4-12)13(17)20/h1-7H,(H2,17,20)(H,18,19). The van der Waals surface area contributed by atoms with Crippen molar-refractivity contribution in [1.82, 2.24) is 0 Å². The minimum Gasteiger partial charge on any atom is -0.389 e. The number of thiocarbonyl (C=S) groups is 1. The Labute approximate surface area is 131 Å². The summed E-state index contributed by atoms with van der Waals surface area (Å²) in [6, 6.07) is 11.6. The lowest BCUT2D eigenvalue weighted by Crippen LogP contribution is -2.13. The van der Waals surface area contributed by atoms with Crippen LogP contribution in [-0.2, 0) is 0 Å². The fourth-order valence-electron chi connectivity index (χ4n) is 1.61. The second-order valence-electron chi connectivity index (χ2n) is 4.05. The fourth-order valence-corrected chi connectivity index (χ4v) is 2.27. The van der Waals surface area contributed by atoms with Crippen molar-refractivity contribution in [3.05, 3.63) is 63.6 Å². The lowest BCUT2D eigenvalue weighted by Gasteiger charge is -2.07. The monoisotopic (exact) mass is 324 g/mol. The Balaban J connectivity index is 2.16. The molecule has 0 fully saturated rings. The summed E-state index contributed by atoms with van der Waals surface area (Å²) in [6.45, 7) is 0. The normalized spacial score (nSPS) is 10.1. The fraction of sp³-hybridized carbons (Fsp3) is 0. The number of hydrogen-bond donors (Lipinski definition) is 2. The Bertz CT molecular complexity index is 651. The van der Waals surface area contributed by atoms with E-state index in [4.69, 9.17) is 41.2 Å². The van der Waals surface area contributed by atoms with Gasteiger partial charge in [0.15, 0.2) is 0 Å². The van der Waals surface area contributed by atoms with Crippen LogP contribution >= 0.6 is 35.4 Å². The van der Waals surface area contributed by atoms with Crippen LogP contribution in [0.2, 0.25) is 10.0 Å². The second-order valence-corrected chi connectivity index (χ2v) is 5.37. The van der Waals surface area contributed by atoms with E-state index in [1.54, 1.807) is 42.5 Å². The van der Waals surface area contributed by atoms with E-state index in [2.05, 4.69) is 5.32 Å². The van der Waals surface area contributed by atoms with Crippen LogP contribution in [-0.4, -0.2) is 10.9 Å². The van der Waals surface area contributed by atoms with Crippen LogP contribution in [0.4, 0.5) is 5.69 Å². The van der Waals surface area contributed by atoms with Crippen LogP contribution in [0.25, 0.3) is 0 Å². The third-order valence-corrected chi connectivity index (χ3v) is 3.22. The number of carbonyl (C=O) groups excluding carboxylic acids is 1. The highest BCUT2D eigenvalue weighted by Gasteiger charge is 2.08. The molecule has 6 heteroatoms.